The number of rotatable bonds is 8. The van der Waals surface area contributed by atoms with Crippen LogP contribution in [0, 0.1) is 0 Å². The summed E-state index contributed by atoms with van der Waals surface area (Å²) in [6, 6.07) is 11.7. The number of aryl methyl sites for hydroxylation is 1. The molecule has 0 bridgehead atoms. The molecule has 34 heavy (non-hydrogen) atoms. The van der Waals surface area contributed by atoms with E-state index in [0.29, 0.717) is 22.4 Å². The van der Waals surface area contributed by atoms with Gasteiger partial charge in [-0.05, 0) is 43.5 Å². The third-order valence-electron chi connectivity index (χ3n) is 5.37. The van der Waals surface area contributed by atoms with Gasteiger partial charge >= 0.3 is 0 Å². The van der Waals surface area contributed by atoms with Crippen molar-refractivity contribution in [3.8, 4) is 5.75 Å². The number of hydrogen-bond acceptors (Lipinski definition) is 10. The van der Waals surface area contributed by atoms with Crippen LogP contribution in [0.5, 0.6) is 5.75 Å². The van der Waals surface area contributed by atoms with Crippen LogP contribution in [-0.4, -0.2) is 36.8 Å². The molecule has 1 aliphatic carbocycles. The molecule has 4 aromatic rings. The Hall–Kier alpha value is -3.05. The van der Waals surface area contributed by atoms with E-state index in [1.807, 2.05) is 36.5 Å². The highest BCUT2D eigenvalue weighted by atomic mass is 32.2. The lowest BCUT2D eigenvalue weighted by molar-refractivity contribution is 0.0928. The van der Waals surface area contributed by atoms with E-state index in [9.17, 15) is 10.2 Å². The van der Waals surface area contributed by atoms with E-state index in [4.69, 9.17) is 4.74 Å². The largest absolute Gasteiger partial charge is 0.482 e. The van der Waals surface area contributed by atoms with Crippen LogP contribution in [0.15, 0.2) is 70.3 Å². The van der Waals surface area contributed by atoms with Crippen LogP contribution in [0.4, 0.5) is 10.9 Å². The number of aliphatic hydroxyl groups excluding tert-OH is 2. The lowest BCUT2D eigenvalue weighted by Gasteiger charge is -2.26. The Balaban J connectivity index is 1.45. The molecule has 0 radical (unpaired) electrons. The second kappa shape index (κ2) is 10.5. The van der Waals surface area contributed by atoms with Crippen LogP contribution in [0.3, 0.4) is 0 Å². The highest BCUT2D eigenvalue weighted by Gasteiger charge is 2.24. The van der Waals surface area contributed by atoms with Gasteiger partial charge in [-0.2, -0.15) is 0 Å². The topological polar surface area (TPSA) is 113 Å². The first kappa shape index (κ1) is 22.7. The molecule has 0 aliphatic heterocycles. The van der Waals surface area contributed by atoms with Gasteiger partial charge in [0.1, 0.15) is 17.2 Å². The SMILES string of the molecule is OCC(O)c1csc(Nc2ncc(Sc3ccccn3)cc2OC2CCCc3ncccc32)n1. The van der Waals surface area contributed by atoms with E-state index in [0.717, 1.165) is 40.4 Å². The molecule has 3 N–H and O–H groups in total. The Labute approximate surface area is 205 Å². The molecule has 5 rings (SSSR count). The Morgan fingerprint density at radius 2 is 2.09 bits per heavy atom. The molecule has 174 valence electrons. The van der Waals surface area contributed by atoms with E-state index in [1.165, 1.54) is 23.1 Å². The van der Waals surface area contributed by atoms with Crippen molar-refractivity contribution in [1.82, 2.24) is 19.9 Å². The second-order valence-electron chi connectivity index (χ2n) is 7.73. The number of aliphatic hydroxyl groups is 2. The van der Waals surface area contributed by atoms with Crippen LogP contribution >= 0.6 is 23.1 Å². The quantitative estimate of drug-likeness (QED) is 0.321. The molecule has 8 nitrogen and oxygen atoms in total. The summed E-state index contributed by atoms with van der Waals surface area (Å²) in [5, 5.41) is 25.4. The molecule has 1 aliphatic rings. The molecule has 4 heterocycles. The number of ether oxygens (including phenoxy) is 1. The molecule has 0 amide bonds. The van der Waals surface area contributed by atoms with Gasteiger partial charge in [0, 0.05) is 40.1 Å². The summed E-state index contributed by atoms with van der Waals surface area (Å²) >= 11 is 2.83. The second-order valence-corrected chi connectivity index (χ2v) is 9.68. The third kappa shape index (κ3) is 5.20. The number of anilines is 2. The Morgan fingerprint density at radius 3 is 2.94 bits per heavy atom. The zero-order chi connectivity index (χ0) is 23.3. The standard InChI is InChI=1S/C24H23N5O3S2/c30-13-19(31)18-14-33-24(28-18)29-23-21(11-15(12-27-23)34-22-8-1-2-9-26-22)32-20-7-3-6-17-16(20)5-4-10-25-17/h1-2,4-5,8-12,14,19-20,30-31H,3,6-7,13H2,(H,27,28,29). The van der Waals surface area contributed by atoms with Gasteiger partial charge in [0.05, 0.1) is 12.3 Å². The lowest BCUT2D eigenvalue weighted by Crippen LogP contribution is -2.17. The van der Waals surface area contributed by atoms with Gasteiger partial charge in [0.25, 0.3) is 0 Å². The molecule has 0 aromatic carbocycles. The van der Waals surface area contributed by atoms with Crippen molar-refractivity contribution in [1.29, 1.82) is 0 Å². The number of pyridine rings is 3. The van der Waals surface area contributed by atoms with E-state index in [1.54, 1.807) is 17.8 Å². The fourth-order valence-corrected chi connectivity index (χ4v) is 5.25. The normalized spacial score (nSPS) is 16.0. The summed E-state index contributed by atoms with van der Waals surface area (Å²) in [7, 11) is 0. The predicted molar refractivity (Wildman–Crippen MR) is 131 cm³/mol. The number of hydrogen-bond donors (Lipinski definition) is 3. The van der Waals surface area contributed by atoms with Gasteiger partial charge in [-0.3, -0.25) is 4.98 Å². The summed E-state index contributed by atoms with van der Waals surface area (Å²) in [4.78, 5) is 18.8. The van der Waals surface area contributed by atoms with Gasteiger partial charge in [0.2, 0.25) is 0 Å². The van der Waals surface area contributed by atoms with E-state index >= 15 is 0 Å². The van der Waals surface area contributed by atoms with Gasteiger partial charge in [-0.25, -0.2) is 15.0 Å². The zero-order valence-electron chi connectivity index (χ0n) is 18.2. The Kier molecular flexibility index (Phi) is 7.00. The number of aromatic nitrogens is 4. The molecule has 4 aromatic heterocycles. The minimum absolute atomic E-state index is 0.127. The predicted octanol–water partition coefficient (Wildman–Crippen LogP) is 4.71. The summed E-state index contributed by atoms with van der Waals surface area (Å²) in [5.74, 6) is 1.13. The molecular weight excluding hydrogens is 470 g/mol. The van der Waals surface area contributed by atoms with Crippen LogP contribution in [0.25, 0.3) is 0 Å². The van der Waals surface area contributed by atoms with Crippen molar-refractivity contribution in [3.05, 3.63) is 77.3 Å². The highest BCUT2D eigenvalue weighted by Crippen LogP contribution is 2.39. The minimum atomic E-state index is -1.01. The maximum Gasteiger partial charge on any atom is 0.188 e. The molecule has 0 spiro atoms. The smallest absolute Gasteiger partial charge is 0.188 e. The number of nitrogens with one attached hydrogen (secondary N) is 1. The highest BCUT2D eigenvalue weighted by molar-refractivity contribution is 7.99. The van der Waals surface area contributed by atoms with Crippen molar-refractivity contribution >= 4 is 34.0 Å². The molecular formula is C24H23N5O3S2. The van der Waals surface area contributed by atoms with Crippen molar-refractivity contribution < 1.29 is 14.9 Å². The number of fused-ring (bicyclic) bond motifs is 1. The van der Waals surface area contributed by atoms with Crippen molar-refractivity contribution in [2.24, 2.45) is 0 Å². The fourth-order valence-electron chi connectivity index (χ4n) is 3.72. The van der Waals surface area contributed by atoms with Crippen molar-refractivity contribution in [3.63, 3.8) is 0 Å². The lowest BCUT2D eigenvalue weighted by atomic mass is 9.93. The first-order valence-electron chi connectivity index (χ1n) is 10.9. The fraction of sp³-hybridized carbons (Fsp3) is 0.250. The minimum Gasteiger partial charge on any atom is -0.482 e. The zero-order valence-corrected chi connectivity index (χ0v) is 19.8. The molecule has 2 unspecified atom stereocenters. The molecule has 0 saturated heterocycles. The Bertz CT molecular complexity index is 1250. The number of nitrogens with zero attached hydrogens (tertiary/aromatic N) is 4. The average Bonchev–Trinajstić information content (AvgIpc) is 3.34. The molecule has 2 atom stereocenters. The van der Waals surface area contributed by atoms with E-state index < -0.39 is 6.10 Å². The first-order chi connectivity index (χ1) is 16.7. The van der Waals surface area contributed by atoms with E-state index in [2.05, 4.69) is 31.3 Å². The van der Waals surface area contributed by atoms with Crippen LogP contribution in [0.2, 0.25) is 0 Å². The third-order valence-corrected chi connectivity index (χ3v) is 7.06. The maximum absolute atomic E-state index is 9.86. The van der Waals surface area contributed by atoms with Crippen LogP contribution in [0.1, 0.15) is 42.0 Å². The van der Waals surface area contributed by atoms with E-state index in [-0.39, 0.29) is 12.7 Å². The monoisotopic (exact) mass is 493 g/mol. The summed E-state index contributed by atoms with van der Waals surface area (Å²) in [6.07, 6.45) is 7.04. The van der Waals surface area contributed by atoms with Crippen molar-refractivity contribution in [2.75, 3.05) is 11.9 Å². The van der Waals surface area contributed by atoms with Crippen LogP contribution < -0.4 is 10.1 Å². The maximum atomic E-state index is 9.86. The van der Waals surface area contributed by atoms with Gasteiger partial charge in [-0.15, -0.1) is 11.3 Å². The van der Waals surface area contributed by atoms with Crippen LogP contribution in [-0.2, 0) is 6.42 Å². The number of thiazole rings is 1. The van der Waals surface area contributed by atoms with Gasteiger partial charge in [0.15, 0.2) is 16.7 Å². The average molecular weight is 494 g/mol. The molecule has 0 saturated carbocycles. The summed E-state index contributed by atoms with van der Waals surface area (Å²) < 4.78 is 6.53. The first-order valence-corrected chi connectivity index (χ1v) is 12.6. The molecule has 0 fully saturated rings. The Morgan fingerprint density at radius 1 is 1.18 bits per heavy atom. The van der Waals surface area contributed by atoms with Crippen molar-refractivity contribution in [2.45, 2.75) is 41.4 Å². The molecule has 10 heteroatoms. The summed E-state index contributed by atoms with van der Waals surface area (Å²) in [6.45, 7) is -0.385. The summed E-state index contributed by atoms with van der Waals surface area (Å²) in [5.41, 5.74) is 2.58. The van der Waals surface area contributed by atoms with Gasteiger partial charge in [-0.1, -0.05) is 23.9 Å². The van der Waals surface area contributed by atoms with Gasteiger partial charge < -0.3 is 20.3 Å².